The third-order valence-corrected chi connectivity index (χ3v) is 2.64. The predicted octanol–water partition coefficient (Wildman–Crippen LogP) is 1.69. The molecule has 0 spiro atoms. The van der Waals surface area contributed by atoms with Crippen LogP contribution in [0.15, 0.2) is 30.3 Å². The summed E-state index contributed by atoms with van der Waals surface area (Å²) in [5.74, 6) is 1.02. The van der Waals surface area contributed by atoms with Gasteiger partial charge in [-0.1, -0.05) is 18.2 Å². The zero-order chi connectivity index (χ0) is 10.7. The second-order valence-corrected chi connectivity index (χ2v) is 3.81. The van der Waals surface area contributed by atoms with Gasteiger partial charge in [-0.3, -0.25) is 4.79 Å². The first kappa shape index (κ1) is 10.0. The van der Waals surface area contributed by atoms with E-state index in [4.69, 9.17) is 4.74 Å². The Bertz CT molecular complexity index is 337. The Labute approximate surface area is 89.7 Å². The Morgan fingerprint density at radius 3 is 2.73 bits per heavy atom. The van der Waals surface area contributed by atoms with Crippen LogP contribution in [0.5, 0.6) is 5.75 Å². The number of carbonyl (C=O) groups is 1. The maximum atomic E-state index is 11.1. The van der Waals surface area contributed by atoms with Crippen LogP contribution in [-0.2, 0) is 4.79 Å². The molecule has 1 saturated heterocycles. The topological polar surface area (TPSA) is 29.5 Å². The summed E-state index contributed by atoms with van der Waals surface area (Å²) < 4.78 is 5.76. The van der Waals surface area contributed by atoms with Gasteiger partial charge in [0.2, 0.25) is 5.91 Å². The lowest BCUT2D eigenvalue weighted by Crippen LogP contribution is -2.28. The van der Waals surface area contributed by atoms with Crippen LogP contribution < -0.4 is 4.74 Å². The molecule has 0 aromatic heterocycles. The van der Waals surface area contributed by atoms with Gasteiger partial charge in [-0.15, -0.1) is 0 Å². The van der Waals surface area contributed by atoms with E-state index >= 15 is 0 Å². The van der Waals surface area contributed by atoms with Crippen LogP contribution in [0, 0.1) is 0 Å². The molecule has 80 valence electrons. The zero-order valence-corrected chi connectivity index (χ0v) is 8.85. The SMILES string of the molecule is CC(=O)N1CC[C@H](Oc2ccccc2)C1. The van der Waals surface area contributed by atoms with Crippen molar-refractivity contribution in [1.29, 1.82) is 0 Å². The summed E-state index contributed by atoms with van der Waals surface area (Å²) in [4.78, 5) is 12.9. The first-order valence-corrected chi connectivity index (χ1v) is 5.23. The summed E-state index contributed by atoms with van der Waals surface area (Å²) >= 11 is 0. The van der Waals surface area contributed by atoms with Crippen molar-refractivity contribution in [2.45, 2.75) is 19.4 Å². The van der Waals surface area contributed by atoms with E-state index in [0.29, 0.717) is 6.54 Å². The molecule has 1 heterocycles. The lowest BCUT2D eigenvalue weighted by Gasteiger charge is -2.15. The van der Waals surface area contributed by atoms with Crippen molar-refractivity contribution >= 4 is 5.91 Å². The van der Waals surface area contributed by atoms with Crippen LogP contribution in [0.25, 0.3) is 0 Å². The van der Waals surface area contributed by atoms with Gasteiger partial charge in [-0.2, -0.15) is 0 Å². The van der Waals surface area contributed by atoms with Gasteiger partial charge in [0, 0.05) is 19.9 Å². The van der Waals surface area contributed by atoms with Crippen LogP contribution in [0.3, 0.4) is 0 Å². The molecule has 1 aliphatic heterocycles. The molecule has 1 aromatic carbocycles. The van der Waals surface area contributed by atoms with Crippen LogP contribution in [-0.4, -0.2) is 30.0 Å². The lowest BCUT2D eigenvalue weighted by molar-refractivity contribution is -0.128. The van der Waals surface area contributed by atoms with Crippen molar-refractivity contribution in [2.24, 2.45) is 0 Å². The normalized spacial score (nSPS) is 20.3. The summed E-state index contributed by atoms with van der Waals surface area (Å²) in [6.45, 7) is 3.13. The van der Waals surface area contributed by atoms with Gasteiger partial charge in [0.05, 0.1) is 6.54 Å². The molecular formula is C12H15NO2. The highest BCUT2D eigenvalue weighted by Gasteiger charge is 2.25. The predicted molar refractivity (Wildman–Crippen MR) is 57.7 cm³/mol. The van der Waals surface area contributed by atoms with Crippen molar-refractivity contribution in [3.8, 4) is 5.75 Å². The average Bonchev–Trinajstić information content (AvgIpc) is 2.68. The highest BCUT2D eigenvalue weighted by Crippen LogP contribution is 2.17. The van der Waals surface area contributed by atoms with Gasteiger partial charge in [-0.25, -0.2) is 0 Å². The maximum absolute atomic E-state index is 11.1. The van der Waals surface area contributed by atoms with Gasteiger partial charge >= 0.3 is 0 Å². The largest absolute Gasteiger partial charge is 0.489 e. The third-order valence-electron chi connectivity index (χ3n) is 2.64. The fourth-order valence-electron chi connectivity index (χ4n) is 1.80. The number of ether oxygens (including phenoxy) is 1. The van der Waals surface area contributed by atoms with E-state index in [2.05, 4.69) is 0 Å². The van der Waals surface area contributed by atoms with E-state index in [1.54, 1.807) is 6.92 Å². The Morgan fingerprint density at radius 2 is 2.13 bits per heavy atom. The van der Waals surface area contributed by atoms with Crippen molar-refractivity contribution < 1.29 is 9.53 Å². The molecule has 0 aliphatic carbocycles. The molecule has 0 saturated carbocycles. The molecular weight excluding hydrogens is 190 g/mol. The molecule has 3 heteroatoms. The number of benzene rings is 1. The molecule has 0 N–H and O–H groups in total. The van der Waals surface area contributed by atoms with Crippen molar-refractivity contribution in [3.05, 3.63) is 30.3 Å². The minimum Gasteiger partial charge on any atom is -0.489 e. The molecule has 15 heavy (non-hydrogen) atoms. The average molecular weight is 205 g/mol. The lowest BCUT2D eigenvalue weighted by atomic mass is 10.3. The Morgan fingerprint density at radius 1 is 1.40 bits per heavy atom. The summed E-state index contributed by atoms with van der Waals surface area (Å²) in [6.07, 6.45) is 1.07. The number of amides is 1. The first-order chi connectivity index (χ1) is 7.25. The molecule has 1 amide bonds. The number of carbonyl (C=O) groups excluding carboxylic acids is 1. The minimum atomic E-state index is 0.133. The molecule has 1 aliphatic rings. The number of hydrogen-bond donors (Lipinski definition) is 0. The second kappa shape index (κ2) is 4.34. The van der Waals surface area contributed by atoms with Crippen molar-refractivity contribution in [2.75, 3.05) is 13.1 Å². The summed E-state index contributed by atoms with van der Waals surface area (Å²) in [5.41, 5.74) is 0. The summed E-state index contributed by atoms with van der Waals surface area (Å²) in [7, 11) is 0. The van der Waals surface area contributed by atoms with Gasteiger partial charge in [0.1, 0.15) is 11.9 Å². The first-order valence-electron chi connectivity index (χ1n) is 5.23. The number of likely N-dealkylation sites (tertiary alicyclic amines) is 1. The van der Waals surface area contributed by atoms with E-state index in [1.165, 1.54) is 0 Å². The van der Waals surface area contributed by atoms with E-state index < -0.39 is 0 Å². The van der Waals surface area contributed by atoms with E-state index in [9.17, 15) is 4.79 Å². The van der Waals surface area contributed by atoms with Gasteiger partial charge in [0.15, 0.2) is 0 Å². The van der Waals surface area contributed by atoms with Crippen LogP contribution >= 0.6 is 0 Å². The van der Waals surface area contributed by atoms with Gasteiger partial charge < -0.3 is 9.64 Å². The van der Waals surface area contributed by atoms with Crippen LogP contribution in [0.1, 0.15) is 13.3 Å². The van der Waals surface area contributed by atoms with Crippen LogP contribution in [0.2, 0.25) is 0 Å². The number of nitrogens with zero attached hydrogens (tertiary/aromatic N) is 1. The van der Waals surface area contributed by atoms with Crippen molar-refractivity contribution in [3.63, 3.8) is 0 Å². The highest BCUT2D eigenvalue weighted by molar-refractivity contribution is 5.73. The molecule has 3 nitrogen and oxygen atoms in total. The molecule has 1 aromatic rings. The molecule has 1 fully saturated rings. The number of para-hydroxylation sites is 1. The van der Waals surface area contributed by atoms with E-state index in [1.807, 2.05) is 35.2 Å². The zero-order valence-electron chi connectivity index (χ0n) is 8.85. The Hall–Kier alpha value is -1.51. The molecule has 0 unspecified atom stereocenters. The fraction of sp³-hybridized carbons (Fsp3) is 0.417. The molecule has 0 radical (unpaired) electrons. The molecule has 1 atom stereocenters. The standard InChI is InChI=1S/C12H15NO2/c1-10(14)13-8-7-12(9-13)15-11-5-3-2-4-6-11/h2-6,12H,7-9H2,1H3/t12-/m0/s1. The summed E-state index contributed by atoms with van der Waals surface area (Å²) in [6, 6.07) is 9.75. The smallest absolute Gasteiger partial charge is 0.219 e. The van der Waals surface area contributed by atoms with E-state index in [-0.39, 0.29) is 12.0 Å². The number of rotatable bonds is 2. The summed E-state index contributed by atoms with van der Waals surface area (Å²) in [5, 5.41) is 0. The van der Waals surface area contributed by atoms with Gasteiger partial charge in [0.25, 0.3) is 0 Å². The Balaban J connectivity index is 1.90. The van der Waals surface area contributed by atoms with E-state index in [0.717, 1.165) is 18.7 Å². The third kappa shape index (κ3) is 2.49. The maximum Gasteiger partial charge on any atom is 0.219 e. The van der Waals surface area contributed by atoms with Crippen molar-refractivity contribution in [1.82, 2.24) is 4.90 Å². The monoisotopic (exact) mass is 205 g/mol. The molecule has 2 rings (SSSR count). The second-order valence-electron chi connectivity index (χ2n) is 3.81. The number of hydrogen-bond acceptors (Lipinski definition) is 2. The molecule has 0 bridgehead atoms. The van der Waals surface area contributed by atoms with Gasteiger partial charge in [-0.05, 0) is 12.1 Å². The fourth-order valence-corrected chi connectivity index (χ4v) is 1.80. The highest BCUT2D eigenvalue weighted by atomic mass is 16.5. The van der Waals surface area contributed by atoms with Crippen LogP contribution in [0.4, 0.5) is 0 Å². The Kier molecular flexibility index (Phi) is 2.90. The minimum absolute atomic E-state index is 0.133. The quantitative estimate of drug-likeness (QED) is 0.735.